The van der Waals surface area contributed by atoms with Crippen molar-refractivity contribution in [3.8, 4) is 0 Å². The van der Waals surface area contributed by atoms with E-state index in [1.165, 1.54) is 22.7 Å². The first-order chi connectivity index (χ1) is 10.8. The van der Waals surface area contributed by atoms with Gasteiger partial charge in [-0.2, -0.15) is 0 Å². The number of hydrogen-bond acceptors (Lipinski definition) is 6. The van der Waals surface area contributed by atoms with E-state index in [0.717, 1.165) is 25.4 Å². The molecule has 0 saturated heterocycles. The van der Waals surface area contributed by atoms with Crippen molar-refractivity contribution in [3.63, 3.8) is 0 Å². The maximum absolute atomic E-state index is 12.1. The second-order valence-electron chi connectivity index (χ2n) is 4.64. The lowest BCUT2D eigenvalue weighted by molar-refractivity contribution is 0.0472. The Labute approximate surface area is 134 Å². The van der Waals surface area contributed by atoms with Crippen molar-refractivity contribution >= 4 is 49.1 Å². The summed E-state index contributed by atoms with van der Waals surface area (Å²) in [5, 5.41) is 1.16. The number of carbonyl (C=O) groups is 1. The molecule has 0 aliphatic rings. The third-order valence-corrected chi connectivity index (χ3v) is 5.16. The first-order valence-corrected chi connectivity index (χ1v) is 8.30. The number of thiazole rings is 2. The lowest BCUT2D eigenvalue weighted by atomic mass is 10.3. The highest BCUT2D eigenvalue weighted by Crippen LogP contribution is 2.24. The number of esters is 1. The Kier molecular flexibility index (Phi) is 3.32. The Balaban J connectivity index is 1.51. The van der Waals surface area contributed by atoms with Crippen molar-refractivity contribution < 1.29 is 9.53 Å². The molecule has 0 aliphatic carbocycles. The Morgan fingerprint density at radius 2 is 1.55 bits per heavy atom. The smallest absolute Gasteiger partial charge is 0.367 e. The van der Waals surface area contributed by atoms with Gasteiger partial charge in [0.2, 0.25) is 5.01 Å². The van der Waals surface area contributed by atoms with Crippen LogP contribution >= 0.6 is 22.7 Å². The summed E-state index contributed by atoms with van der Waals surface area (Å²) in [4.78, 5) is 20.8. The van der Waals surface area contributed by atoms with E-state index < -0.39 is 5.97 Å². The average Bonchev–Trinajstić information content (AvgIpc) is 3.15. The summed E-state index contributed by atoms with van der Waals surface area (Å²) in [5.74, 6) is -0.402. The highest BCUT2D eigenvalue weighted by molar-refractivity contribution is 7.20. The first-order valence-electron chi connectivity index (χ1n) is 6.67. The molecule has 22 heavy (non-hydrogen) atoms. The van der Waals surface area contributed by atoms with Gasteiger partial charge in [0, 0.05) is 0 Å². The quantitative estimate of drug-likeness (QED) is 0.528. The van der Waals surface area contributed by atoms with Crippen molar-refractivity contribution in [2.75, 3.05) is 0 Å². The number of para-hydroxylation sites is 2. The van der Waals surface area contributed by atoms with Crippen molar-refractivity contribution in [2.45, 2.75) is 6.61 Å². The Hall–Kier alpha value is -2.31. The molecule has 0 unspecified atom stereocenters. The summed E-state index contributed by atoms with van der Waals surface area (Å²) in [6.45, 7) is 0.175. The number of aromatic nitrogens is 2. The van der Waals surface area contributed by atoms with Crippen LogP contribution in [0.1, 0.15) is 14.8 Å². The SMILES string of the molecule is O=C(OCc1nc2ccccc2s1)c1nc2ccccc2s1. The van der Waals surface area contributed by atoms with E-state index >= 15 is 0 Å². The molecule has 0 atom stereocenters. The monoisotopic (exact) mass is 326 g/mol. The fourth-order valence-electron chi connectivity index (χ4n) is 2.13. The molecule has 2 heterocycles. The van der Waals surface area contributed by atoms with Gasteiger partial charge in [-0.05, 0) is 24.3 Å². The summed E-state index contributed by atoms with van der Waals surface area (Å²) in [5.41, 5.74) is 1.75. The number of rotatable bonds is 3. The summed E-state index contributed by atoms with van der Waals surface area (Å²) >= 11 is 2.88. The van der Waals surface area contributed by atoms with E-state index in [-0.39, 0.29) is 6.61 Å². The zero-order valence-corrected chi connectivity index (χ0v) is 13.0. The molecule has 0 bridgehead atoms. The Morgan fingerprint density at radius 3 is 2.23 bits per heavy atom. The topological polar surface area (TPSA) is 52.1 Å². The van der Waals surface area contributed by atoms with Gasteiger partial charge >= 0.3 is 5.97 Å². The average molecular weight is 326 g/mol. The molecule has 2 aromatic heterocycles. The van der Waals surface area contributed by atoms with Crippen LogP contribution in [0.5, 0.6) is 0 Å². The molecule has 2 aromatic carbocycles. The molecule has 0 amide bonds. The third-order valence-electron chi connectivity index (χ3n) is 3.13. The van der Waals surface area contributed by atoms with Crippen LogP contribution in [0.3, 0.4) is 0 Å². The summed E-state index contributed by atoms with van der Waals surface area (Å²) < 4.78 is 7.40. The second kappa shape index (κ2) is 5.47. The number of ether oxygens (including phenoxy) is 1. The lowest BCUT2D eigenvalue weighted by Crippen LogP contribution is -2.04. The van der Waals surface area contributed by atoms with Crippen LogP contribution in [0.15, 0.2) is 48.5 Å². The first kappa shape index (κ1) is 13.4. The number of fused-ring (bicyclic) bond motifs is 2. The zero-order valence-electron chi connectivity index (χ0n) is 11.4. The van der Waals surface area contributed by atoms with E-state index in [2.05, 4.69) is 9.97 Å². The van der Waals surface area contributed by atoms with E-state index in [0.29, 0.717) is 5.01 Å². The molecular weight excluding hydrogens is 316 g/mol. The third kappa shape index (κ3) is 2.47. The summed E-state index contributed by atoms with van der Waals surface area (Å²) in [7, 11) is 0. The lowest BCUT2D eigenvalue weighted by Gasteiger charge is -1.98. The molecule has 6 heteroatoms. The number of carbonyl (C=O) groups excluding carboxylic acids is 1. The van der Waals surface area contributed by atoms with Crippen molar-refractivity contribution in [1.29, 1.82) is 0 Å². The minimum Gasteiger partial charge on any atom is -0.453 e. The molecule has 0 radical (unpaired) electrons. The van der Waals surface area contributed by atoms with Gasteiger partial charge in [0.1, 0.15) is 11.6 Å². The fourth-order valence-corrected chi connectivity index (χ4v) is 3.87. The van der Waals surface area contributed by atoms with Gasteiger partial charge in [0.15, 0.2) is 0 Å². The van der Waals surface area contributed by atoms with Gasteiger partial charge < -0.3 is 4.74 Å². The molecule has 4 aromatic rings. The van der Waals surface area contributed by atoms with Crippen LogP contribution in [0.25, 0.3) is 20.4 Å². The molecule has 108 valence electrons. The molecule has 4 nitrogen and oxygen atoms in total. The van der Waals surface area contributed by atoms with Crippen molar-refractivity contribution in [2.24, 2.45) is 0 Å². The van der Waals surface area contributed by atoms with Crippen LogP contribution in [0.4, 0.5) is 0 Å². The number of nitrogens with zero attached hydrogens (tertiary/aromatic N) is 2. The predicted molar refractivity (Wildman–Crippen MR) is 88.4 cm³/mol. The zero-order chi connectivity index (χ0) is 14.9. The minimum atomic E-state index is -0.402. The van der Waals surface area contributed by atoms with E-state index in [4.69, 9.17) is 4.74 Å². The van der Waals surface area contributed by atoms with Crippen LogP contribution in [0.2, 0.25) is 0 Å². The van der Waals surface area contributed by atoms with Crippen LogP contribution in [0, 0.1) is 0 Å². The predicted octanol–water partition coefficient (Wildman–Crippen LogP) is 4.26. The second-order valence-corrected chi connectivity index (χ2v) is 6.78. The van der Waals surface area contributed by atoms with Gasteiger partial charge in [0.05, 0.1) is 20.4 Å². The Bertz CT molecular complexity index is 908. The molecule has 0 spiro atoms. The summed E-state index contributed by atoms with van der Waals surface area (Å²) in [6, 6.07) is 15.5. The van der Waals surface area contributed by atoms with Gasteiger partial charge in [-0.25, -0.2) is 14.8 Å². The highest BCUT2D eigenvalue weighted by atomic mass is 32.1. The van der Waals surface area contributed by atoms with E-state index in [1.807, 2.05) is 48.5 Å². The molecule has 0 N–H and O–H groups in total. The normalized spacial score (nSPS) is 11.1. The van der Waals surface area contributed by atoms with Gasteiger partial charge in [0.25, 0.3) is 0 Å². The fraction of sp³-hybridized carbons (Fsp3) is 0.0625. The van der Waals surface area contributed by atoms with E-state index in [9.17, 15) is 4.79 Å². The highest BCUT2D eigenvalue weighted by Gasteiger charge is 2.14. The van der Waals surface area contributed by atoms with Crippen LogP contribution < -0.4 is 0 Å². The van der Waals surface area contributed by atoms with Gasteiger partial charge in [-0.15, -0.1) is 22.7 Å². The number of hydrogen-bond donors (Lipinski definition) is 0. The van der Waals surface area contributed by atoms with Crippen molar-refractivity contribution in [1.82, 2.24) is 9.97 Å². The van der Waals surface area contributed by atoms with Gasteiger partial charge in [-0.3, -0.25) is 0 Å². The number of benzene rings is 2. The van der Waals surface area contributed by atoms with Gasteiger partial charge in [-0.1, -0.05) is 24.3 Å². The minimum absolute atomic E-state index is 0.175. The largest absolute Gasteiger partial charge is 0.453 e. The van der Waals surface area contributed by atoms with Crippen molar-refractivity contribution in [3.05, 3.63) is 58.5 Å². The maximum atomic E-state index is 12.1. The summed E-state index contributed by atoms with van der Waals surface area (Å²) in [6.07, 6.45) is 0. The molecule has 0 fully saturated rings. The molecule has 0 saturated carbocycles. The Morgan fingerprint density at radius 1 is 0.909 bits per heavy atom. The van der Waals surface area contributed by atoms with E-state index in [1.54, 1.807) is 0 Å². The molecule has 4 rings (SSSR count). The van der Waals surface area contributed by atoms with Crippen LogP contribution in [-0.4, -0.2) is 15.9 Å². The molecule has 0 aliphatic heterocycles. The maximum Gasteiger partial charge on any atom is 0.367 e. The molecular formula is C16H10N2O2S2. The van der Waals surface area contributed by atoms with Crippen LogP contribution in [-0.2, 0) is 11.3 Å². The standard InChI is InChI=1S/C16H10N2O2S2/c19-16(15-18-11-6-2-4-8-13(11)22-15)20-9-14-17-10-5-1-3-7-12(10)21-14/h1-8H,9H2.